The van der Waals surface area contributed by atoms with Gasteiger partial charge in [0, 0.05) is 6.26 Å². The van der Waals surface area contributed by atoms with E-state index in [1.807, 2.05) is 0 Å². The number of rotatable bonds is 2. The number of nitrogens with zero attached hydrogens (tertiary/aromatic N) is 1. The number of hydrogen-bond donors (Lipinski definition) is 0. The quantitative estimate of drug-likeness (QED) is 0.647. The number of aromatic nitrogens is 1. The molecule has 0 N–H and O–H groups in total. The van der Waals surface area contributed by atoms with Crippen molar-refractivity contribution >= 4 is 22.4 Å². The van der Waals surface area contributed by atoms with Gasteiger partial charge in [-0.2, -0.15) is 0 Å². The Hall–Kier alpha value is -0.420. The molecule has 1 atom stereocenters. The lowest BCUT2D eigenvalue weighted by atomic mass is 10.9. The molecule has 0 aliphatic rings. The van der Waals surface area contributed by atoms with Crippen molar-refractivity contribution in [3.05, 3.63) is 10.9 Å². The van der Waals surface area contributed by atoms with Crippen molar-refractivity contribution in [1.29, 1.82) is 0 Å². The summed E-state index contributed by atoms with van der Waals surface area (Å²) >= 11 is 0.160. The topological polar surface area (TPSA) is 39.2 Å². The van der Waals surface area contributed by atoms with Gasteiger partial charge in [0.25, 0.3) is 0 Å². The van der Waals surface area contributed by atoms with Crippen LogP contribution in [0.4, 0.5) is 0 Å². The summed E-state index contributed by atoms with van der Waals surface area (Å²) < 4.78 is 15.1. The minimum atomic E-state index is -1.25. The molecule has 0 saturated carbocycles. The van der Waals surface area contributed by atoms with Crippen molar-refractivity contribution in [3.63, 3.8) is 0 Å². The minimum absolute atomic E-state index is 0.431. The molecule has 9 heavy (non-hydrogen) atoms. The van der Waals surface area contributed by atoms with Crippen LogP contribution in [0.2, 0.25) is 0 Å². The summed E-state index contributed by atoms with van der Waals surface area (Å²) in [4.78, 5) is 3.76. The average Bonchev–Trinajstić information content (AvgIpc) is 2.15. The van der Waals surface area contributed by atoms with E-state index in [4.69, 9.17) is 4.18 Å². The molecule has 0 spiro atoms. The lowest BCUT2D eigenvalue weighted by Gasteiger charge is -1.91. The molecular weight excluding hydrogens is 158 g/mol. The normalized spacial score (nSPS) is 13.0. The van der Waals surface area contributed by atoms with Gasteiger partial charge in [-0.05, 0) is 0 Å². The van der Waals surface area contributed by atoms with Gasteiger partial charge in [0.15, 0.2) is 0 Å². The average molecular weight is 163 g/mol. The molecule has 0 aliphatic heterocycles. The third-order valence-corrected chi connectivity index (χ3v) is 1.58. The van der Waals surface area contributed by atoms with E-state index in [1.165, 1.54) is 17.6 Å². The zero-order valence-electron chi connectivity index (χ0n) is 4.73. The first-order chi connectivity index (χ1) is 4.29. The Bertz CT molecular complexity index is 196. The maximum Gasteiger partial charge on any atom is 0.241 e. The molecule has 5 heteroatoms. The smallest absolute Gasteiger partial charge is 0.241 e. The zero-order valence-corrected chi connectivity index (χ0v) is 6.37. The predicted octanol–water partition coefficient (Wildman–Crippen LogP) is 0.815. The highest BCUT2D eigenvalue weighted by Crippen LogP contribution is 2.09. The van der Waals surface area contributed by atoms with E-state index in [9.17, 15) is 4.21 Å². The van der Waals surface area contributed by atoms with Gasteiger partial charge in [-0.25, -0.2) is 9.19 Å². The van der Waals surface area contributed by atoms with Gasteiger partial charge >= 0.3 is 0 Å². The van der Waals surface area contributed by atoms with Crippen molar-refractivity contribution in [2.24, 2.45) is 0 Å². The van der Waals surface area contributed by atoms with Crippen LogP contribution in [0, 0.1) is 0 Å². The summed E-state index contributed by atoms with van der Waals surface area (Å²) in [7, 11) is 0. The van der Waals surface area contributed by atoms with E-state index in [-0.39, 0.29) is 0 Å². The van der Waals surface area contributed by atoms with Gasteiger partial charge in [0.2, 0.25) is 17.0 Å². The SMILES string of the molecule is CS(=O)Oc1cscn1. The van der Waals surface area contributed by atoms with E-state index in [2.05, 4.69) is 4.98 Å². The number of hydrogen-bond acceptors (Lipinski definition) is 4. The Morgan fingerprint density at radius 3 is 3.11 bits per heavy atom. The van der Waals surface area contributed by atoms with Crippen LogP contribution >= 0.6 is 11.3 Å². The summed E-state index contributed by atoms with van der Waals surface area (Å²) in [5, 5.41) is 1.70. The van der Waals surface area contributed by atoms with E-state index in [0.29, 0.717) is 5.88 Å². The highest BCUT2D eigenvalue weighted by Gasteiger charge is 1.95. The van der Waals surface area contributed by atoms with Gasteiger partial charge in [-0.3, -0.25) is 0 Å². The molecule has 0 radical (unpaired) electrons. The maximum atomic E-state index is 10.4. The van der Waals surface area contributed by atoms with Crippen LogP contribution < -0.4 is 4.18 Å². The molecule has 1 rings (SSSR count). The van der Waals surface area contributed by atoms with Crippen LogP contribution in [0.15, 0.2) is 10.9 Å². The predicted molar refractivity (Wildman–Crippen MR) is 36.8 cm³/mol. The Balaban J connectivity index is 2.58. The fourth-order valence-corrected chi connectivity index (χ4v) is 1.21. The molecule has 1 heterocycles. The van der Waals surface area contributed by atoms with Gasteiger partial charge < -0.3 is 4.18 Å². The van der Waals surface area contributed by atoms with Crippen LogP contribution in [0.1, 0.15) is 0 Å². The first-order valence-corrected chi connectivity index (χ1v) is 4.61. The molecule has 1 aromatic heterocycles. The molecular formula is C4H5NO2S2. The van der Waals surface area contributed by atoms with E-state index < -0.39 is 11.1 Å². The summed E-state index contributed by atoms with van der Waals surface area (Å²) in [6.07, 6.45) is 1.46. The lowest BCUT2D eigenvalue weighted by Crippen LogP contribution is -1.95. The van der Waals surface area contributed by atoms with Gasteiger partial charge in [-0.1, -0.05) is 0 Å². The second-order valence-electron chi connectivity index (χ2n) is 1.31. The molecule has 0 aliphatic carbocycles. The monoisotopic (exact) mass is 163 g/mol. The number of thiazole rings is 1. The second-order valence-corrected chi connectivity index (χ2v) is 3.00. The fraction of sp³-hybridized carbons (Fsp3) is 0.250. The summed E-state index contributed by atoms with van der Waals surface area (Å²) in [5.74, 6) is 0.431. The van der Waals surface area contributed by atoms with Gasteiger partial charge in [0.1, 0.15) is 0 Å². The largest absolute Gasteiger partial charge is 0.379 e. The third kappa shape index (κ3) is 2.11. The van der Waals surface area contributed by atoms with E-state index in [1.54, 1.807) is 10.9 Å². The van der Waals surface area contributed by atoms with E-state index in [0.717, 1.165) is 0 Å². The maximum absolute atomic E-state index is 10.4. The Kier molecular flexibility index (Phi) is 2.18. The molecule has 0 saturated heterocycles. The minimum Gasteiger partial charge on any atom is -0.379 e. The first-order valence-electron chi connectivity index (χ1n) is 2.19. The molecule has 50 valence electrons. The van der Waals surface area contributed by atoms with Crippen LogP contribution in [0.5, 0.6) is 5.88 Å². The summed E-state index contributed by atoms with van der Waals surface area (Å²) in [5.41, 5.74) is 1.63. The molecule has 0 aromatic carbocycles. The van der Waals surface area contributed by atoms with Crippen molar-refractivity contribution in [3.8, 4) is 5.88 Å². The Labute approximate surface area is 59.4 Å². The van der Waals surface area contributed by atoms with Crippen molar-refractivity contribution in [2.75, 3.05) is 6.26 Å². The van der Waals surface area contributed by atoms with Crippen LogP contribution in [0.3, 0.4) is 0 Å². The Morgan fingerprint density at radius 2 is 2.67 bits per heavy atom. The van der Waals surface area contributed by atoms with E-state index >= 15 is 0 Å². The molecule has 1 aromatic rings. The van der Waals surface area contributed by atoms with Crippen LogP contribution in [0.25, 0.3) is 0 Å². The molecule has 0 amide bonds. The standard InChI is InChI=1S/C4H5NO2S2/c1-9(6)7-4-2-8-3-5-4/h2-3H,1H3. The first kappa shape index (κ1) is 6.70. The third-order valence-electron chi connectivity index (χ3n) is 0.612. The second kappa shape index (κ2) is 2.93. The molecule has 1 unspecified atom stereocenters. The molecule has 0 fully saturated rings. The lowest BCUT2D eigenvalue weighted by molar-refractivity contribution is 0.554. The van der Waals surface area contributed by atoms with Crippen molar-refractivity contribution in [1.82, 2.24) is 4.98 Å². The van der Waals surface area contributed by atoms with Crippen LogP contribution in [-0.2, 0) is 11.1 Å². The fourth-order valence-electron chi connectivity index (χ4n) is 0.363. The highest BCUT2D eigenvalue weighted by molar-refractivity contribution is 7.79. The van der Waals surface area contributed by atoms with Gasteiger partial charge in [0.05, 0.1) is 10.9 Å². The highest BCUT2D eigenvalue weighted by atomic mass is 32.2. The Morgan fingerprint density at radius 1 is 1.89 bits per heavy atom. The van der Waals surface area contributed by atoms with Crippen molar-refractivity contribution < 1.29 is 8.39 Å². The van der Waals surface area contributed by atoms with Crippen molar-refractivity contribution in [2.45, 2.75) is 0 Å². The molecule has 0 bridgehead atoms. The zero-order chi connectivity index (χ0) is 6.69. The summed E-state index contributed by atoms with van der Waals surface area (Å²) in [6.45, 7) is 0. The molecule has 3 nitrogen and oxygen atoms in total. The van der Waals surface area contributed by atoms with Gasteiger partial charge in [-0.15, -0.1) is 11.3 Å². The summed E-state index contributed by atoms with van der Waals surface area (Å²) in [6, 6.07) is 0. The van der Waals surface area contributed by atoms with Crippen LogP contribution in [-0.4, -0.2) is 15.4 Å².